The van der Waals surface area contributed by atoms with Gasteiger partial charge in [0.25, 0.3) is 0 Å². The molecule has 2 aromatic rings. The first kappa shape index (κ1) is 16.0. The number of rotatable bonds is 4. The molecule has 5 heteroatoms. The molecule has 0 heterocycles. The zero-order valence-corrected chi connectivity index (χ0v) is 12.9. The van der Waals surface area contributed by atoms with E-state index in [0.29, 0.717) is 5.02 Å². The van der Waals surface area contributed by atoms with Gasteiger partial charge in [0, 0.05) is 11.6 Å². The number of halogens is 1. The number of amides is 2. The van der Waals surface area contributed by atoms with Crippen LogP contribution in [-0.4, -0.2) is 11.8 Å². The van der Waals surface area contributed by atoms with Crippen LogP contribution in [0.2, 0.25) is 5.02 Å². The van der Waals surface area contributed by atoms with Crippen LogP contribution in [0.4, 0.5) is 0 Å². The van der Waals surface area contributed by atoms with Gasteiger partial charge in [-0.05, 0) is 24.1 Å². The SMILES string of the molecule is CC(NC(=O)C(=O)NCc1ccccc1Cl)c1ccccc1. The third-order valence-corrected chi connectivity index (χ3v) is 3.62. The summed E-state index contributed by atoms with van der Waals surface area (Å²) in [5, 5.41) is 5.78. The highest BCUT2D eigenvalue weighted by Crippen LogP contribution is 2.14. The number of hydrogen-bond donors (Lipinski definition) is 2. The molecule has 0 spiro atoms. The van der Waals surface area contributed by atoms with Gasteiger partial charge in [-0.15, -0.1) is 0 Å². The Morgan fingerprint density at radius 2 is 1.64 bits per heavy atom. The van der Waals surface area contributed by atoms with Crippen molar-refractivity contribution in [2.24, 2.45) is 0 Å². The van der Waals surface area contributed by atoms with Crippen LogP contribution >= 0.6 is 11.6 Å². The molecule has 0 bridgehead atoms. The second-order valence-corrected chi connectivity index (χ2v) is 5.29. The largest absolute Gasteiger partial charge is 0.344 e. The van der Waals surface area contributed by atoms with E-state index in [1.54, 1.807) is 12.1 Å². The second kappa shape index (κ2) is 7.61. The maximum atomic E-state index is 11.9. The summed E-state index contributed by atoms with van der Waals surface area (Å²) >= 11 is 6.00. The highest BCUT2D eigenvalue weighted by molar-refractivity contribution is 6.35. The molecule has 0 fully saturated rings. The summed E-state index contributed by atoms with van der Waals surface area (Å²) in [7, 11) is 0. The highest BCUT2D eigenvalue weighted by Gasteiger charge is 2.16. The van der Waals surface area contributed by atoms with Crippen LogP contribution < -0.4 is 10.6 Å². The Bertz CT molecular complexity index is 659. The van der Waals surface area contributed by atoms with Crippen LogP contribution in [0, 0.1) is 0 Å². The molecular weight excluding hydrogens is 300 g/mol. The average Bonchev–Trinajstić information content (AvgIpc) is 2.54. The summed E-state index contributed by atoms with van der Waals surface area (Å²) in [4.78, 5) is 23.7. The van der Waals surface area contributed by atoms with E-state index in [-0.39, 0.29) is 12.6 Å². The lowest BCUT2D eigenvalue weighted by molar-refractivity contribution is -0.139. The fraction of sp³-hybridized carbons (Fsp3) is 0.176. The summed E-state index contributed by atoms with van der Waals surface area (Å²) in [5.41, 5.74) is 1.70. The molecule has 0 saturated heterocycles. The molecule has 114 valence electrons. The van der Waals surface area contributed by atoms with Crippen molar-refractivity contribution in [3.8, 4) is 0 Å². The summed E-state index contributed by atoms with van der Waals surface area (Å²) < 4.78 is 0. The van der Waals surface area contributed by atoms with Crippen molar-refractivity contribution in [2.45, 2.75) is 19.5 Å². The van der Waals surface area contributed by atoms with Gasteiger partial charge < -0.3 is 10.6 Å². The van der Waals surface area contributed by atoms with E-state index in [9.17, 15) is 9.59 Å². The van der Waals surface area contributed by atoms with Crippen LogP contribution in [-0.2, 0) is 16.1 Å². The summed E-state index contributed by atoms with van der Waals surface area (Å²) in [5.74, 6) is -1.34. The fourth-order valence-electron chi connectivity index (χ4n) is 1.98. The first-order valence-electron chi connectivity index (χ1n) is 6.95. The maximum Gasteiger partial charge on any atom is 0.309 e. The number of carbonyl (C=O) groups excluding carboxylic acids is 2. The summed E-state index contributed by atoms with van der Waals surface area (Å²) in [6.07, 6.45) is 0. The molecule has 0 aromatic heterocycles. The third-order valence-electron chi connectivity index (χ3n) is 3.25. The monoisotopic (exact) mass is 316 g/mol. The minimum atomic E-state index is -0.678. The topological polar surface area (TPSA) is 58.2 Å². The van der Waals surface area contributed by atoms with E-state index < -0.39 is 11.8 Å². The summed E-state index contributed by atoms with van der Waals surface area (Å²) in [6.45, 7) is 2.04. The maximum absolute atomic E-state index is 11.9. The third kappa shape index (κ3) is 4.33. The van der Waals surface area contributed by atoms with Crippen LogP contribution in [0.1, 0.15) is 24.1 Å². The van der Waals surface area contributed by atoms with Gasteiger partial charge in [-0.1, -0.05) is 60.1 Å². The molecule has 4 nitrogen and oxygen atoms in total. The molecule has 0 aliphatic heterocycles. The van der Waals surface area contributed by atoms with Crippen molar-refractivity contribution < 1.29 is 9.59 Å². The van der Waals surface area contributed by atoms with Crippen molar-refractivity contribution in [1.82, 2.24) is 10.6 Å². The average molecular weight is 317 g/mol. The molecule has 22 heavy (non-hydrogen) atoms. The van der Waals surface area contributed by atoms with Gasteiger partial charge in [0.15, 0.2) is 0 Å². The standard InChI is InChI=1S/C17H17ClN2O2/c1-12(13-7-3-2-4-8-13)20-17(22)16(21)19-11-14-9-5-6-10-15(14)18/h2-10,12H,11H2,1H3,(H,19,21)(H,20,22). The lowest BCUT2D eigenvalue weighted by atomic mass is 10.1. The van der Waals surface area contributed by atoms with Crippen LogP contribution in [0.3, 0.4) is 0 Å². The number of nitrogens with one attached hydrogen (secondary N) is 2. The first-order valence-corrected chi connectivity index (χ1v) is 7.33. The van der Waals surface area contributed by atoms with E-state index in [1.165, 1.54) is 0 Å². The lowest BCUT2D eigenvalue weighted by Crippen LogP contribution is -2.40. The fourth-order valence-corrected chi connectivity index (χ4v) is 2.19. The zero-order valence-electron chi connectivity index (χ0n) is 12.2. The van der Waals surface area contributed by atoms with Crippen LogP contribution in [0.5, 0.6) is 0 Å². The van der Waals surface area contributed by atoms with Crippen molar-refractivity contribution in [2.75, 3.05) is 0 Å². The highest BCUT2D eigenvalue weighted by atomic mass is 35.5. The van der Waals surface area contributed by atoms with E-state index in [2.05, 4.69) is 10.6 Å². The predicted molar refractivity (Wildman–Crippen MR) is 86.3 cm³/mol. The Hall–Kier alpha value is -2.33. The van der Waals surface area contributed by atoms with Gasteiger partial charge in [-0.25, -0.2) is 0 Å². The van der Waals surface area contributed by atoms with Crippen molar-refractivity contribution in [3.05, 3.63) is 70.7 Å². The van der Waals surface area contributed by atoms with Gasteiger partial charge in [0.2, 0.25) is 0 Å². The smallest absolute Gasteiger partial charge is 0.309 e. The van der Waals surface area contributed by atoms with Crippen molar-refractivity contribution >= 4 is 23.4 Å². The number of benzene rings is 2. The number of carbonyl (C=O) groups is 2. The molecule has 0 aliphatic rings. The minimum absolute atomic E-state index is 0.214. The quantitative estimate of drug-likeness (QED) is 0.852. The van der Waals surface area contributed by atoms with E-state index in [4.69, 9.17) is 11.6 Å². The van der Waals surface area contributed by atoms with Gasteiger partial charge in [-0.2, -0.15) is 0 Å². The normalized spacial score (nSPS) is 11.5. The Labute approximate surface area is 134 Å². The van der Waals surface area contributed by atoms with Gasteiger partial charge in [0.1, 0.15) is 0 Å². The molecule has 0 saturated carbocycles. The summed E-state index contributed by atoms with van der Waals surface area (Å²) in [6, 6.07) is 16.4. The molecular formula is C17H17ClN2O2. The minimum Gasteiger partial charge on any atom is -0.344 e. The van der Waals surface area contributed by atoms with Gasteiger partial charge >= 0.3 is 11.8 Å². The van der Waals surface area contributed by atoms with E-state index in [1.807, 2.05) is 49.4 Å². The molecule has 1 unspecified atom stereocenters. The van der Waals surface area contributed by atoms with Crippen LogP contribution in [0.25, 0.3) is 0 Å². The first-order chi connectivity index (χ1) is 10.6. The van der Waals surface area contributed by atoms with Crippen molar-refractivity contribution in [3.63, 3.8) is 0 Å². The molecule has 2 amide bonds. The van der Waals surface area contributed by atoms with Crippen LogP contribution in [0.15, 0.2) is 54.6 Å². The molecule has 2 rings (SSSR count). The Balaban J connectivity index is 1.87. The Morgan fingerprint density at radius 1 is 1.00 bits per heavy atom. The predicted octanol–water partition coefficient (Wildman–Crippen LogP) is 2.83. The van der Waals surface area contributed by atoms with E-state index >= 15 is 0 Å². The zero-order chi connectivity index (χ0) is 15.9. The van der Waals surface area contributed by atoms with Gasteiger partial charge in [-0.3, -0.25) is 9.59 Å². The molecule has 1 atom stereocenters. The van der Waals surface area contributed by atoms with Crippen molar-refractivity contribution in [1.29, 1.82) is 0 Å². The molecule has 0 radical (unpaired) electrons. The Kier molecular flexibility index (Phi) is 5.55. The second-order valence-electron chi connectivity index (χ2n) is 4.88. The van der Waals surface area contributed by atoms with Gasteiger partial charge in [0.05, 0.1) is 6.04 Å². The molecule has 2 aromatic carbocycles. The lowest BCUT2D eigenvalue weighted by Gasteiger charge is -2.14. The Morgan fingerprint density at radius 3 is 2.32 bits per heavy atom. The molecule has 0 aliphatic carbocycles. The van der Waals surface area contributed by atoms with E-state index in [0.717, 1.165) is 11.1 Å². The molecule has 2 N–H and O–H groups in total. The number of hydrogen-bond acceptors (Lipinski definition) is 2.